The molecule has 0 bridgehead atoms. The number of hydrazine groups is 1. The molecular formula is C12H21N5O2S. The average Bonchev–Trinajstić information content (AvgIpc) is 2.42. The van der Waals surface area contributed by atoms with Crippen molar-refractivity contribution >= 4 is 15.8 Å². The third-order valence-electron chi connectivity index (χ3n) is 3.73. The summed E-state index contributed by atoms with van der Waals surface area (Å²) in [5, 5.41) is 0. The minimum Gasteiger partial charge on any atom is -0.307 e. The molecule has 2 heterocycles. The van der Waals surface area contributed by atoms with Gasteiger partial charge in [-0.3, -0.25) is 0 Å². The molecule has 4 N–H and O–H groups in total. The van der Waals surface area contributed by atoms with Gasteiger partial charge in [-0.15, -0.1) is 0 Å². The number of sulfonamides is 1. The lowest BCUT2D eigenvalue weighted by molar-refractivity contribution is 0.178. The number of nitrogen functional groups attached to an aromatic ring is 1. The Morgan fingerprint density at radius 2 is 2.25 bits per heavy atom. The summed E-state index contributed by atoms with van der Waals surface area (Å²) in [5.41, 5.74) is 2.32. The van der Waals surface area contributed by atoms with Crippen molar-refractivity contribution in [1.82, 2.24) is 14.6 Å². The highest BCUT2D eigenvalue weighted by atomic mass is 32.2. The van der Waals surface area contributed by atoms with Crippen molar-refractivity contribution in [2.75, 3.05) is 19.0 Å². The predicted octanol–water partition coefficient (Wildman–Crippen LogP) is 0.128. The molecule has 0 aromatic carbocycles. The summed E-state index contributed by atoms with van der Waals surface area (Å²) in [6, 6.07) is 3.37. The second kappa shape index (κ2) is 6.04. The Kier molecular flexibility index (Phi) is 4.59. The van der Waals surface area contributed by atoms with Crippen molar-refractivity contribution in [2.45, 2.75) is 36.7 Å². The lowest BCUT2D eigenvalue weighted by Crippen LogP contribution is -2.47. The summed E-state index contributed by atoms with van der Waals surface area (Å²) in [4.78, 5) is 6.22. The molecule has 1 aromatic rings. The smallest absolute Gasteiger partial charge is 0.244 e. The zero-order valence-corrected chi connectivity index (χ0v) is 12.5. The first-order valence-corrected chi connectivity index (χ1v) is 8.06. The van der Waals surface area contributed by atoms with Crippen LogP contribution in [0.15, 0.2) is 23.2 Å². The maximum atomic E-state index is 12.4. The largest absolute Gasteiger partial charge is 0.307 e. The van der Waals surface area contributed by atoms with E-state index in [4.69, 9.17) is 5.84 Å². The molecule has 2 unspecified atom stereocenters. The van der Waals surface area contributed by atoms with E-state index in [1.165, 1.54) is 12.3 Å². The van der Waals surface area contributed by atoms with Gasteiger partial charge in [0.2, 0.25) is 10.0 Å². The molecule has 1 saturated heterocycles. The van der Waals surface area contributed by atoms with Crippen LogP contribution in [-0.4, -0.2) is 44.0 Å². The minimum atomic E-state index is -3.62. The molecule has 1 aromatic heterocycles. The highest BCUT2D eigenvalue weighted by Crippen LogP contribution is 2.21. The number of rotatable bonds is 4. The highest BCUT2D eigenvalue weighted by Gasteiger charge is 2.28. The summed E-state index contributed by atoms with van der Waals surface area (Å²) in [6.45, 7) is 2.97. The number of pyridine rings is 1. The van der Waals surface area contributed by atoms with Gasteiger partial charge in [0.15, 0.2) is 5.82 Å². The van der Waals surface area contributed by atoms with Crippen LogP contribution < -0.4 is 16.0 Å². The van der Waals surface area contributed by atoms with Gasteiger partial charge in [0.05, 0.1) is 0 Å². The maximum absolute atomic E-state index is 12.4. The van der Waals surface area contributed by atoms with Crippen molar-refractivity contribution < 1.29 is 8.42 Å². The molecule has 2 rings (SSSR count). The number of hydrogen-bond donors (Lipinski definition) is 3. The van der Waals surface area contributed by atoms with Crippen LogP contribution >= 0.6 is 0 Å². The SMILES string of the molecule is CC1CC(NS(=O)(=O)c2cccnc2NN)CCN1C. The van der Waals surface area contributed by atoms with Gasteiger partial charge in [0, 0.05) is 18.3 Å². The van der Waals surface area contributed by atoms with E-state index < -0.39 is 10.0 Å². The Morgan fingerprint density at radius 1 is 1.50 bits per heavy atom. The van der Waals surface area contributed by atoms with E-state index in [9.17, 15) is 8.42 Å². The summed E-state index contributed by atoms with van der Waals surface area (Å²) in [6.07, 6.45) is 3.08. The first-order valence-electron chi connectivity index (χ1n) is 6.58. The summed E-state index contributed by atoms with van der Waals surface area (Å²) >= 11 is 0. The molecule has 0 spiro atoms. The summed E-state index contributed by atoms with van der Waals surface area (Å²) < 4.78 is 27.6. The Morgan fingerprint density at radius 3 is 2.90 bits per heavy atom. The molecule has 20 heavy (non-hydrogen) atoms. The molecule has 0 amide bonds. The molecule has 0 aliphatic carbocycles. The molecule has 1 aliphatic rings. The molecule has 0 saturated carbocycles. The van der Waals surface area contributed by atoms with E-state index in [2.05, 4.69) is 27.0 Å². The van der Waals surface area contributed by atoms with Crippen LogP contribution in [0.25, 0.3) is 0 Å². The lowest BCUT2D eigenvalue weighted by atomic mass is 10.0. The highest BCUT2D eigenvalue weighted by molar-refractivity contribution is 7.89. The van der Waals surface area contributed by atoms with Crippen LogP contribution in [0.2, 0.25) is 0 Å². The van der Waals surface area contributed by atoms with Crippen LogP contribution in [0.1, 0.15) is 19.8 Å². The predicted molar refractivity (Wildman–Crippen MR) is 77.5 cm³/mol. The zero-order valence-electron chi connectivity index (χ0n) is 11.7. The number of nitrogens with two attached hydrogens (primary N) is 1. The third-order valence-corrected chi connectivity index (χ3v) is 5.28. The van der Waals surface area contributed by atoms with Crippen molar-refractivity contribution in [1.29, 1.82) is 0 Å². The molecule has 0 radical (unpaired) electrons. The second-order valence-corrected chi connectivity index (χ2v) is 6.85. The number of aromatic nitrogens is 1. The Hall–Kier alpha value is -1.22. The maximum Gasteiger partial charge on any atom is 0.244 e. The minimum absolute atomic E-state index is 0.0583. The molecule has 1 aliphatic heterocycles. The fraction of sp³-hybridized carbons (Fsp3) is 0.583. The molecule has 2 atom stereocenters. The number of nitrogens with one attached hydrogen (secondary N) is 2. The van der Waals surface area contributed by atoms with Crippen molar-refractivity contribution in [2.24, 2.45) is 5.84 Å². The van der Waals surface area contributed by atoms with Gasteiger partial charge in [-0.25, -0.2) is 24.0 Å². The second-order valence-electron chi connectivity index (χ2n) is 5.17. The van der Waals surface area contributed by atoms with Crippen LogP contribution in [0.3, 0.4) is 0 Å². The summed E-state index contributed by atoms with van der Waals surface area (Å²) in [5.74, 6) is 5.46. The van der Waals surface area contributed by atoms with Gasteiger partial charge >= 0.3 is 0 Å². The quantitative estimate of drug-likeness (QED) is 0.540. The molecule has 1 fully saturated rings. The fourth-order valence-electron chi connectivity index (χ4n) is 2.40. The lowest BCUT2D eigenvalue weighted by Gasteiger charge is -2.35. The van der Waals surface area contributed by atoms with Gasteiger partial charge in [-0.05, 0) is 45.5 Å². The monoisotopic (exact) mass is 299 g/mol. The number of anilines is 1. The van der Waals surface area contributed by atoms with Crippen LogP contribution in [-0.2, 0) is 10.0 Å². The van der Waals surface area contributed by atoms with Crippen LogP contribution in [0.5, 0.6) is 0 Å². The Bertz CT molecular complexity index is 563. The fourth-order valence-corrected chi connectivity index (χ4v) is 3.80. The van der Waals surface area contributed by atoms with Crippen LogP contribution in [0.4, 0.5) is 5.82 Å². The van der Waals surface area contributed by atoms with Gasteiger partial charge < -0.3 is 10.3 Å². The van der Waals surface area contributed by atoms with Gasteiger partial charge in [-0.2, -0.15) is 0 Å². The first kappa shape index (κ1) is 15.2. The number of hydrogen-bond acceptors (Lipinski definition) is 6. The van der Waals surface area contributed by atoms with E-state index in [0.29, 0.717) is 6.04 Å². The van der Waals surface area contributed by atoms with Crippen LogP contribution in [0, 0.1) is 0 Å². The average molecular weight is 299 g/mol. The van der Waals surface area contributed by atoms with Gasteiger partial charge in [-0.1, -0.05) is 0 Å². The first-order chi connectivity index (χ1) is 9.44. The van der Waals surface area contributed by atoms with E-state index in [-0.39, 0.29) is 16.8 Å². The van der Waals surface area contributed by atoms with Gasteiger partial charge in [0.25, 0.3) is 0 Å². The molecule has 7 nitrogen and oxygen atoms in total. The van der Waals surface area contributed by atoms with E-state index in [1.807, 2.05) is 7.05 Å². The van der Waals surface area contributed by atoms with E-state index in [0.717, 1.165) is 19.4 Å². The topological polar surface area (TPSA) is 100 Å². The molecular weight excluding hydrogens is 278 g/mol. The zero-order chi connectivity index (χ0) is 14.8. The standard InChI is InChI=1S/C12H21N5O2S/c1-9-8-10(5-7-17(9)2)16-20(18,19)11-4-3-6-14-12(11)15-13/h3-4,6,9-10,16H,5,7-8,13H2,1-2H3,(H,14,15). The van der Waals surface area contributed by atoms with Gasteiger partial charge in [0.1, 0.15) is 4.90 Å². The third kappa shape index (κ3) is 3.26. The normalized spacial score (nSPS) is 24.6. The number of nitrogens with zero attached hydrogens (tertiary/aromatic N) is 2. The molecule has 112 valence electrons. The van der Waals surface area contributed by atoms with Crippen molar-refractivity contribution in [3.63, 3.8) is 0 Å². The van der Waals surface area contributed by atoms with Crippen molar-refractivity contribution in [3.8, 4) is 0 Å². The molecule has 8 heteroatoms. The number of likely N-dealkylation sites (tertiary alicyclic amines) is 1. The van der Waals surface area contributed by atoms with Crippen molar-refractivity contribution in [3.05, 3.63) is 18.3 Å². The Balaban J connectivity index is 2.15. The number of piperidine rings is 1. The van der Waals surface area contributed by atoms with E-state index in [1.54, 1.807) is 6.07 Å². The summed E-state index contributed by atoms with van der Waals surface area (Å²) in [7, 11) is -1.57. The Labute approximate surface area is 119 Å². The van der Waals surface area contributed by atoms with E-state index >= 15 is 0 Å².